The van der Waals surface area contributed by atoms with Crippen molar-refractivity contribution in [2.24, 2.45) is 5.92 Å². The highest BCUT2D eigenvalue weighted by Crippen LogP contribution is 2.22. The van der Waals surface area contributed by atoms with Crippen molar-refractivity contribution in [1.82, 2.24) is 5.32 Å². The Balaban J connectivity index is 2.05. The highest BCUT2D eigenvalue weighted by molar-refractivity contribution is 9.10. The molecule has 6 nitrogen and oxygen atoms in total. The predicted molar refractivity (Wildman–Crippen MR) is 91.3 cm³/mol. The van der Waals surface area contributed by atoms with E-state index in [-0.39, 0.29) is 18.7 Å². The molecule has 1 atom stereocenters. The molecule has 0 radical (unpaired) electrons. The summed E-state index contributed by atoms with van der Waals surface area (Å²) in [5, 5.41) is 12.0. The normalized spacial score (nSPS) is 11.8. The van der Waals surface area contributed by atoms with Crippen LogP contribution in [0.2, 0.25) is 0 Å². The van der Waals surface area contributed by atoms with E-state index >= 15 is 0 Å². The smallest absolute Gasteiger partial charge is 0.308 e. The summed E-state index contributed by atoms with van der Waals surface area (Å²) in [6.45, 7) is 1.73. The monoisotopic (exact) mass is 395 g/mol. The lowest BCUT2D eigenvalue weighted by Crippen LogP contribution is -2.34. The van der Waals surface area contributed by atoms with Crippen LogP contribution in [0.1, 0.15) is 21.7 Å². The van der Waals surface area contributed by atoms with E-state index < -0.39 is 17.8 Å². The number of hydrogen-bond donors (Lipinski definition) is 2. The van der Waals surface area contributed by atoms with E-state index in [1.165, 1.54) is 7.11 Å². The number of hydrogen-bond acceptors (Lipinski definition) is 4. The summed E-state index contributed by atoms with van der Waals surface area (Å²) < 4.78 is 11.0. The van der Waals surface area contributed by atoms with Crippen LogP contribution in [0.4, 0.5) is 0 Å². The van der Waals surface area contributed by atoms with Crippen molar-refractivity contribution in [1.29, 1.82) is 0 Å². The molecule has 0 saturated heterocycles. The topological polar surface area (TPSA) is 88.8 Å². The molecule has 2 aromatic rings. The van der Waals surface area contributed by atoms with Gasteiger partial charge in [0.1, 0.15) is 5.75 Å². The van der Waals surface area contributed by atoms with Gasteiger partial charge in [-0.3, -0.25) is 9.59 Å². The molecule has 0 aliphatic heterocycles. The van der Waals surface area contributed by atoms with Crippen molar-refractivity contribution < 1.29 is 23.8 Å². The van der Waals surface area contributed by atoms with Gasteiger partial charge in [0.05, 0.1) is 13.0 Å². The number of furan rings is 1. The van der Waals surface area contributed by atoms with Gasteiger partial charge in [-0.15, -0.1) is 0 Å². The van der Waals surface area contributed by atoms with Gasteiger partial charge in [-0.1, -0.05) is 18.2 Å². The lowest BCUT2D eigenvalue weighted by Gasteiger charge is -2.15. The van der Waals surface area contributed by atoms with Crippen molar-refractivity contribution in [2.75, 3.05) is 13.7 Å². The van der Waals surface area contributed by atoms with E-state index in [9.17, 15) is 14.7 Å². The molecule has 0 aliphatic carbocycles. The van der Waals surface area contributed by atoms with Crippen LogP contribution in [-0.4, -0.2) is 30.6 Å². The second-order valence-corrected chi connectivity index (χ2v) is 6.11. The van der Waals surface area contributed by atoms with E-state index in [1.54, 1.807) is 19.1 Å². The first kappa shape index (κ1) is 18.1. The van der Waals surface area contributed by atoms with Crippen LogP contribution in [0.5, 0.6) is 5.75 Å². The zero-order chi connectivity index (χ0) is 17.7. The number of amides is 1. The number of ether oxygens (including phenoxy) is 1. The van der Waals surface area contributed by atoms with Crippen molar-refractivity contribution in [2.45, 2.75) is 13.3 Å². The largest absolute Gasteiger partial charge is 0.496 e. The maximum atomic E-state index is 12.1. The zero-order valence-electron chi connectivity index (χ0n) is 13.3. The van der Waals surface area contributed by atoms with Crippen LogP contribution in [0, 0.1) is 12.8 Å². The van der Waals surface area contributed by atoms with E-state index in [4.69, 9.17) is 9.15 Å². The molecule has 1 aromatic carbocycles. The molecular weight excluding hydrogens is 378 g/mol. The number of carboxylic acids is 1. The Hall–Kier alpha value is -2.28. The molecule has 2 rings (SSSR count). The number of aliphatic carboxylic acids is 1. The quantitative estimate of drug-likeness (QED) is 0.751. The Labute approximate surface area is 147 Å². The fraction of sp³-hybridized carbons (Fsp3) is 0.294. The second-order valence-electron chi connectivity index (χ2n) is 5.32. The van der Waals surface area contributed by atoms with Gasteiger partial charge >= 0.3 is 5.97 Å². The first-order chi connectivity index (χ1) is 11.4. The third-order valence-corrected chi connectivity index (χ3v) is 4.00. The molecule has 0 spiro atoms. The summed E-state index contributed by atoms with van der Waals surface area (Å²) >= 11 is 3.16. The molecule has 7 heteroatoms. The number of aryl methyl sites for hydroxylation is 1. The van der Waals surface area contributed by atoms with Gasteiger partial charge in [0.25, 0.3) is 5.91 Å². The summed E-state index contributed by atoms with van der Waals surface area (Å²) in [6, 6.07) is 8.90. The lowest BCUT2D eigenvalue weighted by atomic mass is 9.98. The molecule has 0 bridgehead atoms. The van der Waals surface area contributed by atoms with Crippen molar-refractivity contribution >= 4 is 27.8 Å². The first-order valence-corrected chi connectivity index (χ1v) is 8.10. The molecule has 0 saturated carbocycles. The highest BCUT2D eigenvalue weighted by Gasteiger charge is 2.22. The molecule has 1 aromatic heterocycles. The number of rotatable bonds is 7. The van der Waals surface area contributed by atoms with Crippen molar-refractivity contribution in [3.63, 3.8) is 0 Å². The Morgan fingerprint density at radius 3 is 2.67 bits per heavy atom. The highest BCUT2D eigenvalue weighted by atomic mass is 79.9. The fourth-order valence-electron chi connectivity index (χ4n) is 2.35. The molecule has 1 heterocycles. The van der Waals surface area contributed by atoms with Gasteiger partial charge in [0.15, 0.2) is 10.4 Å². The van der Waals surface area contributed by atoms with Crippen LogP contribution in [-0.2, 0) is 11.2 Å². The van der Waals surface area contributed by atoms with Crippen LogP contribution in [0.3, 0.4) is 0 Å². The molecule has 0 fully saturated rings. The molecule has 1 amide bonds. The van der Waals surface area contributed by atoms with Gasteiger partial charge in [-0.2, -0.15) is 0 Å². The van der Waals surface area contributed by atoms with Gasteiger partial charge in [-0.05, 0) is 47.0 Å². The third-order valence-electron chi connectivity index (χ3n) is 3.61. The average Bonchev–Trinajstić information content (AvgIpc) is 2.89. The minimum atomic E-state index is -0.987. The van der Waals surface area contributed by atoms with Crippen LogP contribution >= 0.6 is 15.9 Å². The number of nitrogens with one attached hydrogen (secondary N) is 1. The number of carboxylic acid groups (broad SMARTS) is 1. The van der Waals surface area contributed by atoms with E-state index in [0.717, 1.165) is 5.56 Å². The Morgan fingerprint density at radius 2 is 2.08 bits per heavy atom. The molecule has 2 N–H and O–H groups in total. The van der Waals surface area contributed by atoms with E-state index in [2.05, 4.69) is 21.2 Å². The lowest BCUT2D eigenvalue weighted by molar-refractivity contribution is -0.141. The number of carbonyl (C=O) groups is 2. The van der Waals surface area contributed by atoms with Crippen LogP contribution < -0.4 is 10.1 Å². The predicted octanol–water partition coefficient (Wildman–Crippen LogP) is 3.03. The van der Waals surface area contributed by atoms with Crippen molar-refractivity contribution in [3.8, 4) is 5.75 Å². The van der Waals surface area contributed by atoms with E-state index in [0.29, 0.717) is 16.0 Å². The molecular formula is C17H18BrNO5. The van der Waals surface area contributed by atoms with Gasteiger partial charge in [-0.25, -0.2) is 0 Å². The molecule has 24 heavy (non-hydrogen) atoms. The maximum Gasteiger partial charge on any atom is 0.308 e. The number of halogens is 1. The summed E-state index contributed by atoms with van der Waals surface area (Å²) in [4.78, 5) is 23.6. The maximum absolute atomic E-state index is 12.1. The summed E-state index contributed by atoms with van der Waals surface area (Å²) in [5.41, 5.74) is 1.45. The Bertz CT molecular complexity index is 740. The standard InChI is InChI=1S/C17H18BrNO5/c1-10-7-14(18)24-15(10)16(20)19-9-12(17(21)22)8-11-5-3-4-6-13(11)23-2/h3-7,12H,8-9H2,1-2H3,(H,19,20)(H,21,22). The van der Waals surface area contributed by atoms with Crippen LogP contribution in [0.25, 0.3) is 0 Å². The minimum absolute atomic E-state index is 0.00995. The SMILES string of the molecule is COc1ccccc1CC(CNC(=O)c1oc(Br)cc1C)C(=O)O. The summed E-state index contributed by atoms with van der Waals surface area (Å²) in [5.74, 6) is -1.41. The number of methoxy groups -OCH3 is 1. The average molecular weight is 396 g/mol. The third kappa shape index (κ3) is 4.38. The van der Waals surface area contributed by atoms with Gasteiger partial charge in [0, 0.05) is 12.1 Å². The van der Waals surface area contributed by atoms with E-state index in [1.807, 2.05) is 18.2 Å². The number of para-hydroxylation sites is 1. The van der Waals surface area contributed by atoms with Gasteiger partial charge in [0.2, 0.25) is 0 Å². The Kier molecular flexibility index (Phi) is 6.03. The molecule has 0 aliphatic rings. The summed E-state index contributed by atoms with van der Waals surface area (Å²) in [7, 11) is 1.54. The zero-order valence-corrected chi connectivity index (χ0v) is 14.9. The molecule has 1 unspecified atom stereocenters. The number of benzene rings is 1. The van der Waals surface area contributed by atoms with Crippen LogP contribution in [0.15, 0.2) is 39.4 Å². The van der Waals surface area contributed by atoms with Gasteiger partial charge < -0.3 is 19.6 Å². The fourth-order valence-corrected chi connectivity index (χ4v) is 2.85. The number of carbonyl (C=O) groups excluding carboxylic acids is 1. The minimum Gasteiger partial charge on any atom is -0.496 e. The first-order valence-electron chi connectivity index (χ1n) is 7.31. The van der Waals surface area contributed by atoms with Crippen molar-refractivity contribution in [3.05, 3.63) is 51.9 Å². The summed E-state index contributed by atoms with van der Waals surface area (Å²) in [6.07, 6.45) is 0.250. The Morgan fingerprint density at radius 1 is 1.38 bits per heavy atom. The molecule has 128 valence electrons. The second kappa shape index (κ2) is 8.01.